The minimum absolute atomic E-state index is 0.0418. The summed E-state index contributed by atoms with van der Waals surface area (Å²) in [5.41, 5.74) is 2.41. The summed E-state index contributed by atoms with van der Waals surface area (Å²) in [4.78, 5) is 20.0. The topological polar surface area (TPSA) is 63.1 Å². The standard InChI is InChI=1S/C17H25N5OS/c1-13-10-19-22(11-13)9-5-8-18-17(23)21(2)12-16-20-14-6-3-4-7-15(14)24-16/h10-11H,3-9,12H2,1-2H3,(H,18,23). The van der Waals surface area contributed by atoms with Gasteiger partial charge in [-0.05, 0) is 44.6 Å². The first kappa shape index (κ1) is 17.0. The van der Waals surface area contributed by atoms with Gasteiger partial charge in [0.25, 0.3) is 0 Å². The number of rotatable bonds is 6. The molecule has 2 aromatic heterocycles. The van der Waals surface area contributed by atoms with Crippen LogP contribution in [0.5, 0.6) is 0 Å². The van der Waals surface area contributed by atoms with Crippen molar-refractivity contribution in [2.24, 2.45) is 0 Å². The number of aromatic nitrogens is 3. The van der Waals surface area contributed by atoms with E-state index in [1.807, 2.05) is 31.0 Å². The van der Waals surface area contributed by atoms with Crippen LogP contribution in [0.3, 0.4) is 0 Å². The fourth-order valence-corrected chi connectivity index (χ4v) is 4.12. The van der Waals surface area contributed by atoms with E-state index < -0.39 is 0 Å². The molecule has 0 aromatic carbocycles. The van der Waals surface area contributed by atoms with Crippen LogP contribution in [0.25, 0.3) is 0 Å². The Bertz CT molecular complexity index is 669. The minimum atomic E-state index is -0.0418. The predicted octanol–water partition coefficient (Wildman–Crippen LogP) is 2.76. The van der Waals surface area contributed by atoms with E-state index in [0.717, 1.165) is 36.4 Å². The summed E-state index contributed by atoms with van der Waals surface area (Å²) < 4.78 is 1.91. The van der Waals surface area contributed by atoms with Gasteiger partial charge in [-0.3, -0.25) is 4.68 Å². The molecule has 0 saturated carbocycles. The van der Waals surface area contributed by atoms with Crippen LogP contribution in [0.2, 0.25) is 0 Å². The molecule has 0 bridgehead atoms. The second-order valence-electron chi connectivity index (χ2n) is 6.41. The molecule has 2 aromatic rings. The second kappa shape index (κ2) is 7.79. The number of amides is 2. The highest BCUT2D eigenvalue weighted by atomic mass is 32.1. The molecule has 2 heterocycles. The molecule has 0 spiro atoms. The fourth-order valence-electron chi connectivity index (χ4n) is 2.91. The van der Waals surface area contributed by atoms with Crippen LogP contribution < -0.4 is 5.32 Å². The number of nitrogens with zero attached hydrogens (tertiary/aromatic N) is 4. The number of carbonyl (C=O) groups is 1. The maximum Gasteiger partial charge on any atom is 0.317 e. The van der Waals surface area contributed by atoms with Gasteiger partial charge < -0.3 is 10.2 Å². The third kappa shape index (κ3) is 4.35. The lowest BCUT2D eigenvalue weighted by atomic mass is 10.0. The normalized spacial score (nSPS) is 13.6. The zero-order chi connectivity index (χ0) is 16.9. The molecule has 0 aliphatic heterocycles. The van der Waals surface area contributed by atoms with Crippen molar-refractivity contribution in [3.05, 3.63) is 33.5 Å². The van der Waals surface area contributed by atoms with Gasteiger partial charge in [0.1, 0.15) is 5.01 Å². The van der Waals surface area contributed by atoms with E-state index in [1.165, 1.54) is 23.4 Å². The van der Waals surface area contributed by atoms with Crippen LogP contribution in [0, 0.1) is 6.92 Å². The van der Waals surface area contributed by atoms with Crippen LogP contribution in [0.15, 0.2) is 12.4 Å². The molecule has 0 fully saturated rings. The third-order valence-electron chi connectivity index (χ3n) is 4.21. The van der Waals surface area contributed by atoms with Crippen molar-refractivity contribution in [2.45, 2.75) is 52.1 Å². The molecule has 0 atom stereocenters. The molecule has 24 heavy (non-hydrogen) atoms. The van der Waals surface area contributed by atoms with E-state index in [4.69, 9.17) is 4.98 Å². The number of carbonyl (C=O) groups excluding carboxylic acids is 1. The van der Waals surface area contributed by atoms with E-state index >= 15 is 0 Å². The van der Waals surface area contributed by atoms with Crippen molar-refractivity contribution in [1.82, 2.24) is 25.0 Å². The Morgan fingerprint density at radius 2 is 2.25 bits per heavy atom. The summed E-state index contributed by atoms with van der Waals surface area (Å²) in [6.45, 7) is 4.08. The maximum atomic E-state index is 12.2. The van der Waals surface area contributed by atoms with Gasteiger partial charge in [-0.25, -0.2) is 9.78 Å². The zero-order valence-corrected chi connectivity index (χ0v) is 15.2. The fraction of sp³-hybridized carbons (Fsp3) is 0.588. The van der Waals surface area contributed by atoms with Gasteiger partial charge in [0.2, 0.25) is 0 Å². The predicted molar refractivity (Wildman–Crippen MR) is 95.2 cm³/mol. The molecule has 2 amide bonds. The van der Waals surface area contributed by atoms with Crippen LogP contribution in [-0.2, 0) is 25.9 Å². The first-order valence-electron chi connectivity index (χ1n) is 8.57. The van der Waals surface area contributed by atoms with Gasteiger partial charge in [-0.15, -0.1) is 11.3 Å². The zero-order valence-electron chi connectivity index (χ0n) is 14.4. The van der Waals surface area contributed by atoms with E-state index in [2.05, 4.69) is 10.4 Å². The molecule has 1 aliphatic carbocycles. The Labute approximate surface area is 146 Å². The lowest BCUT2D eigenvalue weighted by Gasteiger charge is -2.16. The molecule has 0 radical (unpaired) electrons. The number of urea groups is 1. The van der Waals surface area contributed by atoms with Crippen molar-refractivity contribution in [3.63, 3.8) is 0 Å². The van der Waals surface area contributed by atoms with Gasteiger partial charge in [-0.2, -0.15) is 5.10 Å². The molecular formula is C17H25N5OS. The summed E-state index contributed by atoms with van der Waals surface area (Å²) in [6.07, 6.45) is 9.47. The SMILES string of the molecule is Cc1cnn(CCCNC(=O)N(C)Cc2nc3c(s2)CCCC3)c1. The highest BCUT2D eigenvalue weighted by Crippen LogP contribution is 2.27. The summed E-state index contributed by atoms with van der Waals surface area (Å²) in [7, 11) is 1.83. The number of hydrogen-bond acceptors (Lipinski definition) is 4. The molecule has 0 saturated heterocycles. The molecule has 0 unspecified atom stereocenters. The van der Waals surface area contributed by atoms with Crippen LogP contribution in [-0.4, -0.2) is 39.3 Å². The minimum Gasteiger partial charge on any atom is -0.338 e. The van der Waals surface area contributed by atoms with E-state index in [9.17, 15) is 4.79 Å². The maximum absolute atomic E-state index is 12.2. The Kier molecular flexibility index (Phi) is 5.50. The summed E-state index contributed by atoms with van der Waals surface area (Å²) >= 11 is 1.76. The molecular weight excluding hydrogens is 322 g/mol. The van der Waals surface area contributed by atoms with Crippen LogP contribution in [0.1, 0.15) is 40.4 Å². The van der Waals surface area contributed by atoms with Crippen LogP contribution >= 0.6 is 11.3 Å². The number of hydrogen-bond donors (Lipinski definition) is 1. The van der Waals surface area contributed by atoms with Crippen molar-refractivity contribution >= 4 is 17.4 Å². The summed E-state index contributed by atoms with van der Waals surface area (Å²) in [5, 5.41) is 8.25. The summed E-state index contributed by atoms with van der Waals surface area (Å²) in [5.74, 6) is 0. The van der Waals surface area contributed by atoms with Crippen molar-refractivity contribution < 1.29 is 4.79 Å². The van der Waals surface area contributed by atoms with E-state index in [1.54, 1.807) is 16.2 Å². The number of thiazole rings is 1. The molecule has 1 aliphatic rings. The summed E-state index contributed by atoms with van der Waals surface area (Å²) in [6, 6.07) is -0.0418. The number of fused-ring (bicyclic) bond motifs is 1. The van der Waals surface area contributed by atoms with E-state index in [-0.39, 0.29) is 6.03 Å². The first-order chi connectivity index (χ1) is 11.6. The Morgan fingerprint density at radius 1 is 1.42 bits per heavy atom. The van der Waals surface area contributed by atoms with Gasteiger partial charge >= 0.3 is 6.03 Å². The number of nitrogens with one attached hydrogen (secondary N) is 1. The average Bonchev–Trinajstić information content (AvgIpc) is 3.16. The van der Waals surface area contributed by atoms with Gasteiger partial charge in [0.15, 0.2) is 0 Å². The Balaban J connectivity index is 1.40. The quantitative estimate of drug-likeness (QED) is 0.817. The van der Waals surface area contributed by atoms with Gasteiger partial charge in [-0.1, -0.05) is 0 Å². The molecule has 6 nitrogen and oxygen atoms in total. The molecule has 1 N–H and O–H groups in total. The van der Waals surface area contributed by atoms with Gasteiger partial charge in [0.05, 0.1) is 18.4 Å². The highest BCUT2D eigenvalue weighted by molar-refractivity contribution is 7.11. The van der Waals surface area contributed by atoms with Crippen molar-refractivity contribution in [2.75, 3.05) is 13.6 Å². The smallest absolute Gasteiger partial charge is 0.317 e. The lowest BCUT2D eigenvalue weighted by molar-refractivity contribution is 0.206. The van der Waals surface area contributed by atoms with Gasteiger partial charge in [0, 0.05) is 31.2 Å². The average molecular weight is 347 g/mol. The molecule has 130 valence electrons. The largest absolute Gasteiger partial charge is 0.338 e. The first-order valence-corrected chi connectivity index (χ1v) is 9.39. The lowest BCUT2D eigenvalue weighted by Crippen LogP contribution is -2.37. The third-order valence-corrected chi connectivity index (χ3v) is 5.35. The number of aryl methyl sites for hydroxylation is 4. The highest BCUT2D eigenvalue weighted by Gasteiger charge is 2.17. The van der Waals surface area contributed by atoms with Crippen LogP contribution in [0.4, 0.5) is 4.79 Å². The van der Waals surface area contributed by atoms with Crippen molar-refractivity contribution in [1.29, 1.82) is 0 Å². The van der Waals surface area contributed by atoms with E-state index in [0.29, 0.717) is 13.1 Å². The Morgan fingerprint density at radius 3 is 3.00 bits per heavy atom. The second-order valence-corrected chi connectivity index (χ2v) is 7.58. The Hall–Kier alpha value is -1.89. The monoisotopic (exact) mass is 347 g/mol. The molecule has 3 rings (SSSR count). The molecule has 7 heteroatoms. The van der Waals surface area contributed by atoms with Crippen molar-refractivity contribution in [3.8, 4) is 0 Å².